The van der Waals surface area contributed by atoms with Crippen LogP contribution in [0, 0.1) is 0 Å². The molecule has 0 aromatic heterocycles. The SMILES string of the molecule is SC1CNCC(S)C1. The Morgan fingerprint density at radius 2 is 1.62 bits per heavy atom. The van der Waals surface area contributed by atoms with Crippen molar-refractivity contribution in [2.24, 2.45) is 0 Å². The van der Waals surface area contributed by atoms with Gasteiger partial charge in [0.05, 0.1) is 0 Å². The van der Waals surface area contributed by atoms with Gasteiger partial charge in [0.1, 0.15) is 0 Å². The molecule has 1 N–H and O–H groups in total. The summed E-state index contributed by atoms with van der Waals surface area (Å²) in [6.07, 6.45) is 1.14. The first-order chi connectivity index (χ1) is 3.79. The second-order valence-corrected chi connectivity index (χ2v) is 3.66. The van der Waals surface area contributed by atoms with Gasteiger partial charge in [-0.1, -0.05) is 0 Å². The van der Waals surface area contributed by atoms with Crippen LogP contribution in [-0.4, -0.2) is 23.6 Å². The lowest BCUT2D eigenvalue weighted by Gasteiger charge is -2.22. The van der Waals surface area contributed by atoms with Gasteiger partial charge in [-0.15, -0.1) is 0 Å². The maximum atomic E-state index is 4.31. The normalized spacial score (nSPS) is 39.8. The van der Waals surface area contributed by atoms with Crippen LogP contribution in [0.3, 0.4) is 0 Å². The average molecular weight is 149 g/mol. The van der Waals surface area contributed by atoms with Crippen LogP contribution < -0.4 is 5.32 Å². The predicted molar refractivity (Wildman–Crippen MR) is 43.0 cm³/mol. The minimum Gasteiger partial charge on any atom is -0.315 e. The zero-order valence-electron chi connectivity index (χ0n) is 4.67. The number of nitrogens with one attached hydrogen (secondary N) is 1. The zero-order chi connectivity index (χ0) is 5.98. The summed E-state index contributed by atoms with van der Waals surface area (Å²) in [5.41, 5.74) is 0. The molecule has 1 rings (SSSR count). The van der Waals surface area contributed by atoms with Crippen molar-refractivity contribution in [3.63, 3.8) is 0 Å². The minimum atomic E-state index is 0.520. The molecule has 2 unspecified atom stereocenters. The number of rotatable bonds is 0. The Balaban J connectivity index is 2.23. The molecule has 0 aromatic carbocycles. The average Bonchev–Trinajstić information content (AvgIpc) is 1.64. The summed E-state index contributed by atoms with van der Waals surface area (Å²) >= 11 is 8.62. The van der Waals surface area contributed by atoms with Crippen LogP contribution in [0.2, 0.25) is 0 Å². The molecule has 2 atom stereocenters. The van der Waals surface area contributed by atoms with E-state index in [4.69, 9.17) is 0 Å². The fraction of sp³-hybridized carbons (Fsp3) is 1.00. The monoisotopic (exact) mass is 149 g/mol. The second kappa shape index (κ2) is 2.99. The van der Waals surface area contributed by atoms with Gasteiger partial charge in [0, 0.05) is 23.6 Å². The van der Waals surface area contributed by atoms with E-state index in [0.717, 1.165) is 19.5 Å². The third kappa shape index (κ3) is 1.88. The highest BCUT2D eigenvalue weighted by Gasteiger charge is 2.14. The third-order valence-corrected chi connectivity index (χ3v) is 2.09. The molecular formula is C5H11NS2. The Bertz CT molecular complexity index is 68.8. The van der Waals surface area contributed by atoms with Gasteiger partial charge in [-0.2, -0.15) is 25.3 Å². The zero-order valence-corrected chi connectivity index (χ0v) is 6.46. The molecule has 0 amide bonds. The van der Waals surface area contributed by atoms with Gasteiger partial charge in [-0.3, -0.25) is 0 Å². The first-order valence-electron chi connectivity index (χ1n) is 2.86. The van der Waals surface area contributed by atoms with Crippen molar-refractivity contribution in [2.75, 3.05) is 13.1 Å². The van der Waals surface area contributed by atoms with Crippen molar-refractivity contribution in [2.45, 2.75) is 16.9 Å². The molecule has 1 aliphatic heterocycles. The van der Waals surface area contributed by atoms with E-state index in [9.17, 15) is 0 Å². The first kappa shape index (κ1) is 6.78. The maximum absolute atomic E-state index is 4.31. The molecule has 0 spiro atoms. The summed E-state index contributed by atoms with van der Waals surface area (Å²) in [5, 5.41) is 4.27. The van der Waals surface area contributed by atoms with Gasteiger partial charge < -0.3 is 5.32 Å². The molecule has 1 heterocycles. The first-order valence-corrected chi connectivity index (χ1v) is 3.89. The molecule has 1 aliphatic rings. The standard InChI is InChI=1S/C5H11NS2/c7-4-1-5(8)3-6-2-4/h4-8H,1-3H2. The summed E-state index contributed by atoms with van der Waals surface area (Å²) in [7, 11) is 0. The quantitative estimate of drug-likeness (QED) is 0.428. The Morgan fingerprint density at radius 3 is 1.88 bits per heavy atom. The highest BCUT2D eigenvalue weighted by Crippen LogP contribution is 2.12. The topological polar surface area (TPSA) is 12.0 Å². The van der Waals surface area contributed by atoms with Crippen molar-refractivity contribution in [1.82, 2.24) is 5.32 Å². The Morgan fingerprint density at radius 1 is 1.12 bits per heavy atom. The molecule has 1 saturated heterocycles. The van der Waals surface area contributed by atoms with Crippen molar-refractivity contribution < 1.29 is 0 Å². The Labute approximate surface area is 61.1 Å². The molecule has 0 aliphatic carbocycles. The van der Waals surface area contributed by atoms with Crippen LogP contribution in [0.5, 0.6) is 0 Å². The summed E-state index contributed by atoms with van der Waals surface area (Å²) in [4.78, 5) is 0. The lowest BCUT2D eigenvalue weighted by molar-refractivity contribution is 0.547. The van der Waals surface area contributed by atoms with Crippen LogP contribution in [0.4, 0.5) is 0 Å². The van der Waals surface area contributed by atoms with Crippen molar-refractivity contribution in [1.29, 1.82) is 0 Å². The molecular weight excluding hydrogens is 138 g/mol. The highest BCUT2D eigenvalue weighted by atomic mass is 32.1. The molecule has 3 heteroatoms. The van der Waals surface area contributed by atoms with E-state index >= 15 is 0 Å². The van der Waals surface area contributed by atoms with Gasteiger partial charge in [0.15, 0.2) is 0 Å². The van der Waals surface area contributed by atoms with Gasteiger partial charge >= 0.3 is 0 Å². The number of thiol groups is 2. The van der Waals surface area contributed by atoms with Gasteiger partial charge in [0.2, 0.25) is 0 Å². The molecule has 0 saturated carbocycles. The second-order valence-electron chi connectivity index (χ2n) is 2.20. The maximum Gasteiger partial charge on any atom is 0.0153 e. The largest absolute Gasteiger partial charge is 0.315 e. The highest BCUT2D eigenvalue weighted by molar-refractivity contribution is 7.82. The fourth-order valence-electron chi connectivity index (χ4n) is 0.897. The van der Waals surface area contributed by atoms with E-state index in [-0.39, 0.29) is 0 Å². The van der Waals surface area contributed by atoms with Crippen LogP contribution in [0.1, 0.15) is 6.42 Å². The van der Waals surface area contributed by atoms with Crippen molar-refractivity contribution in [3.05, 3.63) is 0 Å². The summed E-state index contributed by atoms with van der Waals surface area (Å²) in [5.74, 6) is 0. The van der Waals surface area contributed by atoms with Crippen molar-refractivity contribution >= 4 is 25.3 Å². The van der Waals surface area contributed by atoms with Crippen LogP contribution in [0.25, 0.3) is 0 Å². The fourth-order valence-corrected chi connectivity index (χ4v) is 1.83. The summed E-state index contributed by atoms with van der Waals surface area (Å²) in [6, 6.07) is 0. The van der Waals surface area contributed by atoms with Crippen LogP contribution >= 0.6 is 25.3 Å². The lowest BCUT2D eigenvalue weighted by Crippen LogP contribution is -2.37. The minimum absolute atomic E-state index is 0.520. The van der Waals surface area contributed by atoms with E-state index < -0.39 is 0 Å². The van der Waals surface area contributed by atoms with Gasteiger partial charge in [-0.25, -0.2) is 0 Å². The molecule has 8 heavy (non-hydrogen) atoms. The van der Waals surface area contributed by atoms with Crippen LogP contribution in [-0.2, 0) is 0 Å². The Hall–Kier alpha value is 0.660. The predicted octanol–water partition coefficient (Wildman–Crippen LogP) is 0.577. The number of hydrogen-bond donors (Lipinski definition) is 3. The van der Waals surface area contributed by atoms with Crippen molar-refractivity contribution in [3.8, 4) is 0 Å². The molecule has 0 aromatic rings. The summed E-state index contributed by atoms with van der Waals surface area (Å²) in [6.45, 7) is 2.08. The van der Waals surface area contributed by atoms with E-state index in [1.54, 1.807) is 0 Å². The number of hydrogen-bond acceptors (Lipinski definition) is 3. The van der Waals surface area contributed by atoms with E-state index in [1.165, 1.54) is 0 Å². The lowest BCUT2D eigenvalue weighted by atomic mass is 10.1. The third-order valence-electron chi connectivity index (χ3n) is 1.30. The number of piperidine rings is 1. The molecule has 1 fully saturated rings. The Kier molecular flexibility index (Phi) is 2.53. The molecule has 48 valence electrons. The van der Waals surface area contributed by atoms with E-state index in [1.807, 2.05) is 0 Å². The smallest absolute Gasteiger partial charge is 0.0153 e. The van der Waals surface area contributed by atoms with E-state index in [2.05, 4.69) is 30.6 Å². The molecule has 1 nitrogen and oxygen atoms in total. The molecule has 0 bridgehead atoms. The van der Waals surface area contributed by atoms with Gasteiger partial charge in [-0.05, 0) is 6.42 Å². The molecule has 0 radical (unpaired) electrons. The summed E-state index contributed by atoms with van der Waals surface area (Å²) < 4.78 is 0. The van der Waals surface area contributed by atoms with Crippen LogP contribution in [0.15, 0.2) is 0 Å². The van der Waals surface area contributed by atoms with Gasteiger partial charge in [0.25, 0.3) is 0 Å². The van der Waals surface area contributed by atoms with E-state index in [0.29, 0.717) is 10.5 Å².